The second-order valence-corrected chi connectivity index (χ2v) is 8.15. The van der Waals surface area contributed by atoms with Gasteiger partial charge in [0.15, 0.2) is 23.2 Å². The van der Waals surface area contributed by atoms with Crippen molar-refractivity contribution in [3.05, 3.63) is 77.4 Å². The summed E-state index contributed by atoms with van der Waals surface area (Å²) in [6.45, 7) is 13.1. The molecule has 0 atom stereocenters. The van der Waals surface area contributed by atoms with Gasteiger partial charge in [-0.2, -0.15) is 4.39 Å². The van der Waals surface area contributed by atoms with Crippen LogP contribution in [0.2, 0.25) is 0 Å². The summed E-state index contributed by atoms with van der Waals surface area (Å²) in [6.07, 6.45) is 8.36. The molecular formula is C25H29F3O. The third kappa shape index (κ3) is 4.36. The molecule has 2 aliphatic rings. The standard InChI is InChI=1S/C25H29F3O/c1-5-7-8-17-9-11-18(12-10-17)20-14-19-13-16(4)24(21(26)15(3)6-2)29-25(19)23(28)22(20)27/h5,14,17-18H,1,3-4,6-13H2,2H3/b24-21-. The Kier molecular flexibility index (Phi) is 6.71. The molecule has 1 aromatic carbocycles. The molecule has 4 heteroatoms. The molecular weight excluding hydrogens is 373 g/mol. The molecule has 0 amide bonds. The summed E-state index contributed by atoms with van der Waals surface area (Å²) < 4.78 is 49.8. The van der Waals surface area contributed by atoms with Gasteiger partial charge in [-0.15, -0.1) is 6.58 Å². The Labute approximate surface area is 171 Å². The average molecular weight is 403 g/mol. The van der Waals surface area contributed by atoms with Gasteiger partial charge in [0, 0.05) is 12.0 Å². The van der Waals surface area contributed by atoms with Gasteiger partial charge in [0.25, 0.3) is 0 Å². The number of allylic oxidation sites excluding steroid dienone is 4. The lowest BCUT2D eigenvalue weighted by Crippen LogP contribution is -2.18. The van der Waals surface area contributed by atoms with Gasteiger partial charge in [0.05, 0.1) is 0 Å². The minimum absolute atomic E-state index is 0.00316. The first-order valence-corrected chi connectivity index (χ1v) is 10.4. The van der Waals surface area contributed by atoms with Gasteiger partial charge in [0.1, 0.15) is 0 Å². The van der Waals surface area contributed by atoms with Gasteiger partial charge in [-0.1, -0.05) is 26.2 Å². The Bertz CT molecular complexity index is 857. The van der Waals surface area contributed by atoms with E-state index < -0.39 is 17.5 Å². The highest BCUT2D eigenvalue weighted by Crippen LogP contribution is 2.44. The van der Waals surface area contributed by atoms with Gasteiger partial charge in [-0.3, -0.25) is 0 Å². The lowest BCUT2D eigenvalue weighted by Gasteiger charge is -2.30. The maximum atomic E-state index is 14.9. The molecule has 1 aliphatic heterocycles. The molecule has 0 radical (unpaired) electrons. The Morgan fingerprint density at radius 3 is 2.52 bits per heavy atom. The van der Waals surface area contributed by atoms with Crippen LogP contribution in [0.5, 0.6) is 5.75 Å². The molecule has 0 unspecified atom stereocenters. The van der Waals surface area contributed by atoms with Crippen LogP contribution in [-0.4, -0.2) is 0 Å². The van der Waals surface area contributed by atoms with Crippen molar-refractivity contribution in [1.29, 1.82) is 0 Å². The maximum Gasteiger partial charge on any atom is 0.201 e. The number of hydrogen-bond acceptors (Lipinski definition) is 1. The maximum absolute atomic E-state index is 14.9. The molecule has 1 nitrogen and oxygen atoms in total. The first-order chi connectivity index (χ1) is 13.9. The molecule has 1 aliphatic carbocycles. The average Bonchev–Trinajstić information content (AvgIpc) is 2.73. The van der Waals surface area contributed by atoms with Crippen molar-refractivity contribution in [1.82, 2.24) is 0 Å². The highest BCUT2D eigenvalue weighted by molar-refractivity contribution is 5.51. The van der Waals surface area contributed by atoms with E-state index in [9.17, 15) is 13.2 Å². The molecule has 3 rings (SSSR count). The van der Waals surface area contributed by atoms with E-state index >= 15 is 0 Å². The van der Waals surface area contributed by atoms with Crippen molar-refractivity contribution < 1.29 is 17.9 Å². The zero-order valence-corrected chi connectivity index (χ0v) is 17.1. The summed E-state index contributed by atoms with van der Waals surface area (Å²) in [5, 5.41) is 0. The fraction of sp³-hybridized carbons (Fsp3) is 0.440. The summed E-state index contributed by atoms with van der Waals surface area (Å²) in [7, 11) is 0. The second-order valence-electron chi connectivity index (χ2n) is 8.15. The number of benzene rings is 1. The minimum atomic E-state index is -1.04. The van der Waals surface area contributed by atoms with E-state index in [4.69, 9.17) is 4.74 Å². The van der Waals surface area contributed by atoms with E-state index in [1.54, 1.807) is 13.0 Å². The topological polar surface area (TPSA) is 9.23 Å². The van der Waals surface area contributed by atoms with Crippen molar-refractivity contribution in [2.45, 2.75) is 64.2 Å². The number of hydrogen-bond donors (Lipinski definition) is 0. The van der Waals surface area contributed by atoms with E-state index in [0.717, 1.165) is 38.5 Å². The van der Waals surface area contributed by atoms with Gasteiger partial charge >= 0.3 is 0 Å². The second kappa shape index (κ2) is 9.06. The number of rotatable bonds is 6. The Morgan fingerprint density at radius 1 is 1.21 bits per heavy atom. The Morgan fingerprint density at radius 2 is 1.90 bits per heavy atom. The van der Waals surface area contributed by atoms with Crippen molar-refractivity contribution in [3.63, 3.8) is 0 Å². The molecule has 1 saturated carbocycles. The minimum Gasteiger partial charge on any atom is -0.450 e. The fourth-order valence-electron chi connectivity index (χ4n) is 4.34. The van der Waals surface area contributed by atoms with E-state index in [-0.39, 0.29) is 29.4 Å². The smallest absolute Gasteiger partial charge is 0.201 e. The van der Waals surface area contributed by atoms with Crippen LogP contribution in [0.1, 0.15) is 68.9 Å². The van der Waals surface area contributed by atoms with Gasteiger partial charge in [-0.05, 0) is 79.6 Å². The van der Waals surface area contributed by atoms with Crippen molar-refractivity contribution in [2.24, 2.45) is 5.92 Å². The predicted octanol–water partition coefficient (Wildman–Crippen LogP) is 7.84. The lowest BCUT2D eigenvalue weighted by atomic mass is 9.76. The quantitative estimate of drug-likeness (QED) is 0.440. The molecule has 156 valence electrons. The van der Waals surface area contributed by atoms with E-state index in [0.29, 0.717) is 29.0 Å². The van der Waals surface area contributed by atoms with Crippen LogP contribution in [0, 0.1) is 17.6 Å². The molecule has 0 bridgehead atoms. The fourth-order valence-corrected chi connectivity index (χ4v) is 4.34. The van der Waals surface area contributed by atoms with Crippen molar-refractivity contribution in [2.75, 3.05) is 0 Å². The Balaban J connectivity index is 1.86. The largest absolute Gasteiger partial charge is 0.450 e. The monoisotopic (exact) mass is 402 g/mol. The normalized spacial score (nSPS) is 23.2. The molecule has 0 spiro atoms. The highest BCUT2D eigenvalue weighted by atomic mass is 19.2. The summed E-state index contributed by atoms with van der Waals surface area (Å²) in [5.41, 5.74) is 1.59. The molecule has 0 aromatic heterocycles. The number of halogens is 3. The van der Waals surface area contributed by atoms with Crippen LogP contribution < -0.4 is 4.74 Å². The van der Waals surface area contributed by atoms with Crippen LogP contribution in [0.25, 0.3) is 0 Å². The zero-order chi connectivity index (χ0) is 21.1. The van der Waals surface area contributed by atoms with Gasteiger partial charge in [-0.25, -0.2) is 8.78 Å². The molecule has 1 fully saturated rings. The first kappa shape index (κ1) is 21.5. The van der Waals surface area contributed by atoms with Gasteiger partial charge < -0.3 is 4.74 Å². The van der Waals surface area contributed by atoms with E-state index in [1.807, 2.05) is 6.08 Å². The highest BCUT2D eigenvalue weighted by Gasteiger charge is 2.32. The first-order valence-electron chi connectivity index (χ1n) is 10.4. The van der Waals surface area contributed by atoms with E-state index in [1.165, 1.54) is 0 Å². The molecule has 0 saturated heterocycles. The van der Waals surface area contributed by atoms with E-state index in [2.05, 4.69) is 19.7 Å². The SMILES string of the molecule is C=CCCC1CCC(c2cc3c(c(F)c2F)O/C(=C(\F)C(=C)CC)C(=C)C3)CC1. The molecule has 29 heavy (non-hydrogen) atoms. The van der Waals surface area contributed by atoms with Crippen LogP contribution in [0.4, 0.5) is 13.2 Å². The summed E-state index contributed by atoms with van der Waals surface area (Å²) >= 11 is 0. The summed E-state index contributed by atoms with van der Waals surface area (Å²) in [4.78, 5) is 0. The van der Waals surface area contributed by atoms with Crippen LogP contribution >= 0.6 is 0 Å². The summed E-state index contributed by atoms with van der Waals surface area (Å²) in [5.74, 6) is -2.31. The summed E-state index contributed by atoms with van der Waals surface area (Å²) in [6, 6.07) is 1.69. The Hall–Kier alpha value is -2.23. The zero-order valence-electron chi connectivity index (χ0n) is 17.1. The molecule has 1 aromatic rings. The molecule has 0 N–H and O–H groups in total. The number of ether oxygens (including phenoxy) is 1. The third-order valence-corrected chi connectivity index (χ3v) is 6.20. The van der Waals surface area contributed by atoms with Crippen molar-refractivity contribution in [3.8, 4) is 5.75 Å². The third-order valence-electron chi connectivity index (χ3n) is 6.20. The van der Waals surface area contributed by atoms with Crippen molar-refractivity contribution >= 4 is 0 Å². The molecule has 1 heterocycles. The lowest BCUT2D eigenvalue weighted by molar-refractivity contribution is 0.303. The van der Waals surface area contributed by atoms with Crippen LogP contribution in [-0.2, 0) is 6.42 Å². The van der Waals surface area contributed by atoms with Crippen LogP contribution in [0.3, 0.4) is 0 Å². The predicted molar refractivity (Wildman–Crippen MR) is 112 cm³/mol. The number of fused-ring (bicyclic) bond motifs is 1. The van der Waals surface area contributed by atoms with Crippen LogP contribution in [0.15, 0.2) is 54.6 Å². The van der Waals surface area contributed by atoms with Gasteiger partial charge in [0.2, 0.25) is 5.82 Å².